The lowest BCUT2D eigenvalue weighted by Gasteiger charge is -2.16. The third-order valence-electron chi connectivity index (χ3n) is 4.40. The zero-order chi connectivity index (χ0) is 19.6. The number of aliphatic imine (C=N–C) groups is 1. The number of anilines is 1. The highest BCUT2D eigenvalue weighted by molar-refractivity contribution is 8.15. The van der Waals surface area contributed by atoms with Gasteiger partial charge in [0.1, 0.15) is 5.70 Å². The Morgan fingerprint density at radius 1 is 0.862 bits per heavy atom. The van der Waals surface area contributed by atoms with Crippen molar-refractivity contribution in [3.63, 3.8) is 0 Å². The second-order valence-corrected chi connectivity index (χ2v) is 8.61. The maximum atomic E-state index is 13.2. The normalized spacial score (nSPS) is 15.3. The van der Waals surface area contributed by atoms with Crippen LogP contribution in [0.15, 0.2) is 100.0 Å². The lowest BCUT2D eigenvalue weighted by molar-refractivity contribution is -0.113. The number of thiazole rings is 1. The average molecular weight is 414 g/mol. The van der Waals surface area contributed by atoms with Gasteiger partial charge in [0.15, 0.2) is 9.51 Å². The molecule has 140 valence electrons. The molecule has 0 bridgehead atoms. The third kappa shape index (κ3) is 3.60. The summed E-state index contributed by atoms with van der Waals surface area (Å²) in [5.74, 6) is -0.135. The Labute approximate surface area is 176 Å². The SMILES string of the molecule is O=C1/C(=C/c2ccccc2)N=C(Sc2nc3ccccc3s2)N1c1ccccc1. The zero-order valence-electron chi connectivity index (χ0n) is 15.2. The average Bonchev–Trinajstić information content (AvgIpc) is 3.30. The Hall–Kier alpha value is -3.22. The van der Waals surface area contributed by atoms with Crippen molar-refractivity contribution in [2.75, 3.05) is 4.90 Å². The van der Waals surface area contributed by atoms with E-state index in [2.05, 4.69) is 9.98 Å². The molecule has 0 N–H and O–H groups in total. The Kier molecular flexibility index (Phi) is 4.71. The van der Waals surface area contributed by atoms with Gasteiger partial charge >= 0.3 is 0 Å². The molecule has 5 rings (SSSR count). The summed E-state index contributed by atoms with van der Waals surface area (Å²) >= 11 is 3.02. The fourth-order valence-corrected chi connectivity index (χ4v) is 5.13. The molecule has 0 saturated carbocycles. The second-order valence-electron chi connectivity index (χ2n) is 6.36. The van der Waals surface area contributed by atoms with Gasteiger partial charge < -0.3 is 0 Å². The quantitative estimate of drug-likeness (QED) is 0.397. The standard InChI is InChI=1S/C23H15N3OS2/c27-21-19(15-16-9-3-1-4-10-16)24-22(26(21)17-11-5-2-6-12-17)29-23-25-18-13-7-8-14-20(18)28-23/h1-15H/b19-15-. The van der Waals surface area contributed by atoms with E-state index in [1.54, 1.807) is 16.2 Å². The van der Waals surface area contributed by atoms with Crippen LogP contribution in [0.1, 0.15) is 5.56 Å². The maximum absolute atomic E-state index is 13.2. The zero-order valence-corrected chi connectivity index (χ0v) is 16.9. The van der Waals surface area contributed by atoms with Crippen LogP contribution in [0.3, 0.4) is 0 Å². The van der Waals surface area contributed by atoms with Gasteiger partial charge in [-0.2, -0.15) is 0 Å². The molecule has 3 aromatic carbocycles. The third-order valence-corrected chi connectivity index (χ3v) is 6.45. The molecule has 1 aliphatic heterocycles. The van der Waals surface area contributed by atoms with Crippen LogP contribution in [0.5, 0.6) is 0 Å². The molecule has 4 aromatic rings. The van der Waals surface area contributed by atoms with E-state index in [0.29, 0.717) is 10.9 Å². The largest absolute Gasteiger partial charge is 0.283 e. The highest BCUT2D eigenvalue weighted by Crippen LogP contribution is 2.36. The number of carbonyl (C=O) groups excluding carboxylic acids is 1. The fraction of sp³-hybridized carbons (Fsp3) is 0. The van der Waals surface area contributed by atoms with Crippen LogP contribution in [0.25, 0.3) is 16.3 Å². The number of aromatic nitrogens is 1. The number of hydrogen-bond acceptors (Lipinski definition) is 5. The van der Waals surface area contributed by atoms with Crippen LogP contribution >= 0.6 is 23.1 Å². The lowest BCUT2D eigenvalue weighted by Crippen LogP contribution is -2.30. The van der Waals surface area contributed by atoms with Crippen molar-refractivity contribution < 1.29 is 4.79 Å². The first-order valence-corrected chi connectivity index (χ1v) is 10.7. The van der Waals surface area contributed by atoms with Crippen molar-refractivity contribution in [1.82, 2.24) is 4.98 Å². The van der Waals surface area contributed by atoms with Crippen LogP contribution in [0.4, 0.5) is 5.69 Å². The molecule has 2 heterocycles. The minimum absolute atomic E-state index is 0.135. The topological polar surface area (TPSA) is 45.6 Å². The number of benzene rings is 3. The smallest absolute Gasteiger partial charge is 0.266 e. The van der Waals surface area contributed by atoms with Crippen LogP contribution < -0.4 is 4.90 Å². The molecule has 0 atom stereocenters. The summed E-state index contributed by atoms with van der Waals surface area (Å²) in [6.45, 7) is 0. The molecule has 1 aromatic heterocycles. The first-order valence-electron chi connectivity index (χ1n) is 9.06. The van der Waals surface area contributed by atoms with Gasteiger partial charge in [-0.3, -0.25) is 9.69 Å². The number of nitrogens with zero attached hydrogens (tertiary/aromatic N) is 3. The number of fused-ring (bicyclic) bond motifs is 1. The monoisotopic (exact) mass is 413 g/mol. The van der Waals surface area contributed by atoms with E-state index in [9.17, 15) is 4.79 Å². The van der Waals surface area contributed by atoms with Crippen LogP contribution in [-0.2, 0) is 4.79 Å². The summed E-state index contributed by atoms with van der Waals surface area (Å²) in [5.41, 5.74) is 3.11. The summed E-state index contributed by atoms with van der Waals surface area (Å²) in [4.78, 5) is 24.2. The Balaban J connectivity index is 1.55. The van der Waals surface area contributed by atoms with Gasteiger partial charge in [0.2, 0.25) is 0 Å². The molecule has 0 radical (unpaired) electrons. The van der Waals surface area contributed by atoms with Crippen molar-refractivity contribution in [2.24, 2.45) is 4.99 Å². The summed E-state index contributed by atoms with van der Waals surface area (Å²) in [5, 5.41) is 0.613. The van der Waals surface area contributed by atoms with Gasteiger partial charge in [0.05, 0.1) is 15.9 Å². The van der Waals surface area contributed by atoms with E-state index >= 15 is 0 Å². The minimum atomic E-state index is -0.135. The number of amidine groups is 1. The van der Waals surface area contributed by atoms with Crippen LogP contribution in [0.2, 0.25) is 0 Å². The minimum Gasteiger partial charge on any atom is -0.266 e. The number of rotatable bonds is 3. The highest BCUT2D eigenvalue weighted by Gasteiger charge is 2.32. The number of carbonyl (C=O) groups is 1. The molecular weight excluding hydrogens is 398 g/mol. The van der Waals surface area contributed by atoms with E-state index in [0.717, 1.165) is 25.8 Å². The summed E-state index contributed by atoms with van der Waals surface area (Å²) in [6.07, 6.45) is 1.82. The fourth-order valence-electron chi connectivity index (χ4n) is 3.05. The molecule has 0 aliphatic carbocycles. The van der Waals surface area contributed by atoms with Crippen molar-refractivity contribution in [3.05, 3.63) is 96.2 Å². The van der Waals surface area contributed by atoms with Crippen molar-refractivity contribution in [1.29, 1.82) is 0 Å². The summed E-state index contributed by atoms with van der Waals surface area (Å²) in [7, 11) is 0. The molecule has 6 heteroatoms. The molecule has 29 heavy (non-hydrogen) atoms. The molecule has 1 aliphatic rings. The van der Waals surface area contributed by atoms with Crippen molar-refractivity contribution in [2.45, 2.75) is 4.34 Å². The van der Waals surface area contributed by atoms with Gasteiger partial charge in [-0.05, 0) is 47.7 Å². The van der Waals surface area contributed by atoms with E-state index in [-0.39, 0.29) is 5.91 Å². The van der Waals surface area contributed by atoms with Gasteiger partial charge in [0.25, 0.3) is 5.91 Å². The van der Waals surface area contributed by atoms with Gasteiger partial charge in [-0.15, -0.1) is 11.3 Å². The molecule has 0 spiro atoms. The Bertz CT molecular complexity index is 1210. The van der Waals surface area contributed by atoms with Gasteiger partial charge in [-0.25, -0.2) is 9.98 Å². The van der Waals surface area contributed by atoms with Gasteiger partial charge in [0, 0.05) is 0 Å². The van der Waals surface area contributed by atoms with Gasteiger partial charge in [-0.1, -0.05) is 60.7 Å². The van der Waals surface area contributed by atoms with E-state index < -0.39 is 0 Å². The first-order chi connectivity index (χ1) is 14.3. The number of para-hydroxylation sites is 2. The highest BCUT2D eigenvalue weighted by atomic mass is 32.2. The van der Waals surface area contributed by atoms with Crippen molar-refractivity contribution >= 4 is 56.2 Å². The number of thioether (sulfide) groups is 1. The number of amides is 1. The molecule has 0 unspecified atom stereocenters. The Morgan fingerprint density at radius 3 is 2.31 bits per heavy atom. The molecular formula is C23H15N3OS2. The summed E-state index contributed by atoms with van der Waals surface area (Å²) < 4.78 is 1.98. The lowest BCUT2D eigenvalue weighted by atomic mass is 10.2. The van der Waals surface area contributed by atoms with E-state index in [1.807, 2.05) is 91.0 Å². The van der Waals surface area contributed by atoms with E-state index in [4.69, 9.17) is 0 Å². The van der Waals surface area contributed by atoms with Crippen molar-refractivity contribution in [3.8, 4) is 0 Å². The predicted octanol–water partition coefficient (Wildman–Crippen LogP) is 5.83. The Morgan fingerprint density at radius 2 is 1.55 bits per heavy atom. The first kappa shape index (κ1) is 17.8. The summed E-state index contributed by atoms with van der Waals surface area (Å²) in [6, 6.07) is 27.4. The second kappa shape index (κ2) is 7.66. The van der Waals surface area contributed by atoms with Crippen LogP contribution in [-0.4, -0.2) is 16.1 Å². The van der Waals surface area contributed by atoms with Crippen LogP contribution in [0, 0.1) is 0 Å². The molecule has 1 amide bonds. The number of hydrogen-bond donors (Lipinski definition) is 0. The maximum Gasteiger partial charge on any atom is 0.283 e. The molecule has 4 nitrogen and oxygen atoms in total. The predicted molar refractivity (Wildman–Crippen MR) is 121 cm³/mol. The van der Waals surface area contributed by atoms with E-state index in [1.165, 1.54) is 11.8 Å². The molecule has 0 fully saturated rings. The molecule has 0 saturated heterocycles.